The Balaban J connectivity index is 1.83. The molecule has 1 amide bonds. The topological polar surface area (TPSA) is 64.0 Å². The normalized spacial score (nSPS) is 16.2. The van der Waals surface area contributed by atoms with Crippen molar-refractivity contribution in [2.45, 2.75) is 51.2 Å². The van der Waals surface area contributed by atoms with E-state index in [9.17, 15) is 9.59 Å². The molecule has 29 heavy (non-hydrogen) atoms. The van der Waals surface area contributed by atoms with Crippen LogP contribution in [-0.4, -0.2) is 27.3 Å². The lowest BCUT2D eigenvalue weighted by Gasteiger charge is -2.18. The molecule has 0 radical (unpaired) electrons. The third-order valence-electron chi connectivity index (χ3n) is 5.09. The molecule has 0 spiro atoms. The molecule has 2 heterocycles. The van der Waals surface area contributed by atoms with Gasteiger partial charge < -0.3 is 5.32 Å². The number of aryl methyl sites for hydroxylation is 1. The molecular weight excluding hydrogens is 402 g/mol. The van der Waals surface area contributed by atoms with E-state index in [1.165, 1.54) is 22.2 Å². The van der Waals surface area contributed by atoms with Gasteiger partial charge in [-0.3, -0.25) is 14.2 Å². The fourth-order valence-electron chi connectivity index (χ4n) is 3.77. The molecule has 1 unspecified atom stereocenters. The number of para-hydroxylation sites is 1. The Morgan fingerprint density at radius 1 is 1.34 bits per heavy atom. The average Bonchev–Trinajstić information content (AvgIpc) is 3.04. The Hall–Kier alpha value is -2.12. The molecule has 4 rings (SSSR count). The van der Waals surface area contributed by atoms with Crippen LogP contribution in [0.5, 0.6) is 0 Å². The second-order valence-electron chi connectivity index (χ2n) is 7.91. The van der Waals surface area contributed by atoms with Crippen LogP contribution in [0.1, 0.15) is 37.6 Å². The van der Waals surface area contributed by atoms with Crippen molar-refractivity contribution in [3.05, 3.63) is 51.1 Å². The van der Waals surface area contributed by atoms with Crippen molar-refractivity contribution < 1.29 is 4.79 Å². The van der Waals surface area contributed by atoms with Crippen LogP contribution < -0.4 is 10.9 Å². The average molecular weight is 428 g/mol. The summed E-state index contributed by atoms with van der Waals surface area (Å²) in [6.45, 7) is 6.13. The number of carbonyl (C=O) groups excluding carboxylic acids is 1. The van der Waals surface area contributed by atoms with Gasteiger partial charge in [-0.05, 0) is 56.7 Å². The maximum absolute atomic E-state index is 13.6. The van der Waals surface area contributed by atoms with Crippen LogP contribution in [0.15, 0.2) is 40.3 Å². The van der Waals surface area contributed by atoms with Crippen LogP contribution >= 0.6 is 23.1 Å². The molecule has 0 aliphatic heterocycles. The van der Waals surface area contributed by atoms with E-state index in [4.69, 9.17) is 4.98 Å². The Labute approximate surface area is 178 Å². The fraction of sp³-hybridized carbons (Fsp3) is 0.409. The van der Waals surface area contributed by atoms with Crippen molar-refractivity contribution in [2.24, 2.45) is 5.92 Å². The molecule has 7 heteroatoms. The van der Waals surface area contributed by atoms with E-state index in [0.717, 1.165) is 35.2 Å². The van der Waals surface area contributed by atoms with Gasteiger partial charge in [0.1, 0.15) is 4.83 Å². The minimum absolute atomic E-state index is 0.0278. The summed E-state index contributed by atoms with van der Waals surface area (Å²) in [7, 11) is 0. The summed E-state index contributed by atoms with van der Waals surface area (Å²) in [6.07, 6.45) is 3.06. The molecular formula is C22H25N3O2S2. The zero-order chi connectivity index (χ0) is 20.5. The summed E-state index contributed by atoms with van der Waals surface area (Å²) in [6, 6.07) is 9.66. The number of hydrogen-bond donors (Lipinski definition) is 1. The molecule has 1 N–H and O–H groups in total. The summed E-state index contributed by atoms with van der Waals surface area (Å²) in [4.78, 5) is 32.7. The number of thiophene rings is 1. The van der Waals surface area contributed by atoms with Crippen LogP contribution in [0, 0.1) is 5.92 Å². The molecule has 1 aliphatic rings. The van der Waals surface area contributed by atoms with Crippen molar-refractivity contribution in [2.75, 3.05) is 5.75 Å². The fourth-order valence-corrected chi connectivity index (χ4v) is 6.01. The highest BCUT2D eigenvalue weighted by Crippen LogP contribution is 2.36. The summed E-state index contributed by atoms with van der Waals surface area (Å²) in [5, 5.41) is 4.23. The number of hydrogen-bond acceptors (Lipinski definition) is 5. The predicted octanol–water partition coefficient (Wildman–Crippen LogP) is 4.19. The molecule has 0 bridgehead atoms. The number of benzene rings is 1. The summed E-state index contributed by atoms with van der Waals surface area (Å²) in [5.74, 6) is 0.809. The maximum atomic E-state index is 13.6. The standard InChI is InChI=1S/C22H25N3O2S2/c1-13(2)23-18(26)12-28-22-24-20-19(16-10-9-14(3)11-17(16)29-20)21(27)25(22)15-7-5-4-6-8-15/h4-8,13-14H,9-12H2,1-3H3,(H,23,26). The molecule has 2 aromatic heterocycles. The molecule has 3 aromatic rings. The van der Waals surface area contributed by atoms with E-state index in [2.05, 4.69) is 12.2 Å². The van der Waals surface area contributed by atoms with Gasteiger partial charge in [0.05, 0.1) is 16.8 Å². The van der Waals surface area contributed by atoms with Crippen LogP contribution in [0.2, 0.25) is 0 Å². The second kappa shape index (κ2) is 8.32. The highest BCUT2D eigenvalue weighted by Gasteiger charge is 2.25. The Morgan fingerprint density at radius 3 is 2.83 bits per heavy atom. The van der Waals surface area contributed by atoms with E-state index >= 15 is 0 Å². The van der Waals surface area contributed by atoms with Crippen molar-refractivity contribution in [3.63, 3.8) is 0 Å². The molecule has 1 atom stereocenters. The van der Waals surface area contributed by atoms with Crippen LogP contribution in [0.3, 0.4) is 0 Å². The van der Waals surface area contributed by atoms with Crippen LogP contribution in [0.25, 0.3) is 15.9 Å². The van der Waals surface area contributed by atoms with Gasteiger partial charge in [0.15, 0.2) is 5.16 Å². The monoisotopic (exact) mass is 427 g/mol. The zero-order valence-corrected chi connectivity index (χ0v) is 18.5. The van der Waals surface area contributed by atoms with E-state index in [-0.39, 0.29) is 23.3 Å². The SMILES string of the molecule is CC1CCc2c(sc3nc(SCC(=O)NC(C)C)n(-c4ccccc4)c(=O)c23)C1. The highest BCUT2D eigenvalue weighted by molar-refractivity contribution is 7.99. The van der Waals surface area contributed by atoms with Crippen molar-refractivity contribution in [1.29, 1.82) is 0 Å². The van der Waals surface area contributed by atoms with Crippen molar-refractivity contribution >= 4 is 39.2 Å². The third-order valence-corrected chi connectivity index (χ3v) is 7.18. The van der Waals surface area contributed by atoms with Crippen molar-refractivity contribution in [3.8, 4) is 5.69 Å². The van der Waals surface area contributed by atoms with Crippen LogP contribution in [-0.2, 0) is 17.6 Å². The summed E-state index contributed by atoms with van der Waals surface area (Å²) >= 11 is 2.96. The van der Waals surface area contributed by atoms with Gasteiger partial charge >= 0.3 is 0 Å². The summed E-state index contributed by atoms with van der Waals surface area (Å²) < 4.78 is 1.67. The van der Waals surface area contributed by atoms with E-state index in [1.807, 2.05) is 44.2 Å². The largest absolute Gasteiger partial charge is 0.353 e. The molecule has 0 saturated carbocycles. The molecule has 1 aliphatic carbocycles. The third kappa shape index (κ3) is 4.12. The maximum Gasteiger partial charge on any atom is 0.267 e. The first-order valence-corrected chi connectivity index (χ1v) is 11.8. The molecule has 1 aromatic carbocycles. The first-order chi connectivity index (χ1) is 13.9. The molecule has 0 saturated heterocycles. The van der Waals surface area contributed by atoms with Gasteiger partial charge in [-0.2, -0.15) is 0 Å². The van der Waals surface area contributed by atoms with E-state index in [1.54, 1.807) is 15.9 Å². The lowest BCUT2D eigenvalue weighted by atomic mass is 9.89. The second-order valence-corrected chi connectivity index (χ2v) is 9.94. The van der Waals surface area contributed by atoms with Gasteiger partial charge in [0, 0.05) is 10.9 Å². The smallest absolute Gasteiger partial charge is 0.267 e. The van der Waals surface area contributed by atoms with Gasteiger partial charge in [0.25, 0.3) is 5.56 Å². The Bertz CT molecular complexity index is 1100. The number of fused-ring (bicyclic) bond motifs is 3. The first-order valence-electron chi connectivity index (χ1n) is 9.99. The van der Waals surface area contributed by atoms with Gasteiger partial charge in [-0.25, -0.2) is 4.98 Å². The number of nitrogens with zero attached hydrogens (tertiary/aromatic N) is 2. The minimum Gasteiger partial charge on any atom is -0.353 e. The van der Waals surface area contributed by atoms with Gasteiger partial charge in [-0.15, -0.1) is 11.3 Å². The number of carbonyl (C=O) groups is 1. The van der Waals surface area contributed by atoms with Crippen molar-refractivity contribution in [1.82, 2.24) is 14.9 Å². The number of rotatable bonds is 5. The molecule has 152 valence electrons. The lowest BCUT2D eigenvalue weighted by Crippen LogP contribution is -2.32. The minimum atomic E-state index is -0.0572. The van der Waals surface area contributed by atoms with Gasteiger partial charge in [-0.1, -0.05) is 36.9 Å². The molecule has 0 fully saturated rings. The van der Waals surface area contributed by atoms with Crippen LogP contribution in [0.4, 0.5) is 0 Å². The number of nitrogens with one attached hydrogen (secondary N) is 1. The lowest BCUT2D eigenvalue weighted by molar-refractivity contribution is -0.119. The highest BCUT2D eigenvalue weighted by atomic mass is 32.2. The molecule has 5 nitrogen and oxygen atoms in total. The van der Waals surface area contributed by atoms with E-state index < -0.39 is 0 Å². The number of thioether (sulfide) groups is 1. The summed E-state index contributed by atoms with van der Waals surface area (Å²) in [5.41, 5.74) is 1.93. The Kier molecular flexibility index (Phi) is 5.79. The zero-order valence-electron chi connectivity index (χ0n) is 16.9. The van der Waals surface area contributed by atoms with Gasteiger partial charge in [0.2, 0.25) is 5.91 Å². The number of amides is 1. The predicted molar refractivity (Wildman–Crippen MR) is 120 cm³/mol. The number of aromatic nitrogens is 2. The Morgan fingerprint density at radius 2 is 2.10 bits per heavy atom. The quantitative estimate of drug-likeness (QED) is 0.490. The first kappa shape index (κ1) is 20.2. The van der Waals surface area contributed by atoms with E-state index in [0.29, 0.717) is 11.1 Å².